The van der Waals surface area contributed by atoms with E-state index >= 15 is 0 Å². The van der Waals surface area contributed by atoms with Gasteiger partial charge in [0.05, 0.1) is 12.7 Å². The molecule has 17 heavy (non-hydrogen) atoms. The summed E-state index contributed by atoms with van der Waals surface area (Å²) < 4.78 is 0. The maximum atomic E-state index is 11.1. The third-order valence-corrected chi connectivity index (χ3v) is 3.50. The molecule has 4 N–H and O–H groups in total. The highest BCUT2D eigenvalue weighted by Gasteiger charge is 2.48. The molecule has 0 bridgehead atoms. The lowest BCUT2D eigenvalue weighted by Crippen LogP contribution is -2.44. The minimum absolute atomic E-state index is 0.209. The van der Waals surface area contributed by atoms with Crippen LogP contribution in [0.3, 0.4) is 0 Å². The Hall–Kier alpha value is -0.440. The number of carbonyl (C=O) groups is 2. The number of aliphatic carboxylic acids is 2. The van der Waals surface area contributed by atoms with Gasteiger partial charge in [-0.1, -0.05) is 0 Å². The van der Waals surface area contributed by atoms with Crippen LogP contribution in [-0.2, 0) is 9.59 Å². The Balaban J connectivity index is 5.13. The zero-order valence-corrected chi connectivity index (χ0v) is 10.8. The van der Waals surface area contributed by atoms with E-state index in [-0.39, 0.29) is 12.2 Å². The number of aliphatic hydroxyl groups is 2. The van der Waals surface area contributed by atoms with E-state index in [1.54, 1.807) is 0 Å². The summed E-state index contributed by atoms with van der Waals surface area (Å²) in [5, 5.41) is 35.5. The summed E-state index contributed by atoms with van der Waals surface area (Å²) in [7, 11) is 0. The van der Waals surface area contributed by atoms with Gasteiger partial charge in [-0.15, -0.1) is 0 Å². The molecular formula is C9H16O6S2. The molecule has 0 amide bonds. The molecule has 6 nitrogen and oxygen atoms in total. The van der Waals surface area contributed by atoms with Crippen LogP contribution in [0.5, 0.6) is 0 Å². The van der Waals surface area contributed by atoms with Crippen molar-refractivity contribution in [1.82, 2.24) is 0 Å². The lowest BCUT2D eigenvalue weighted by Gasteiger charge is -2.28. The van der Waals surface area contributed by atoms with Crippen LogP contribution in [0, 0.1) is 5.41 Å². The molecule has 0 rings (SSSR count). The molecule has 0 saturated heterocycles. The highest BCUT2D eigenvalue weighted by Crippen LogP contribution is 2.32. The summed E-state index contributed by atoms with van der Waals surface area (Å²) in [4.78, 5) is 22.3. The first kappa shape index (κ1) is 16.6. The van der Waals surface area contributed by atoms with Crippen molar-refractivity contribution in [2.75, 3.05) is 12.4 Å². The first-order valence-corrected chi connectivity index (χ1v) is 5.99. The van der Waals surface area contributed by atoms with Crippen molar-refractivity contribution in [3.05, 3.63) is 0 Å². The number of carboxylic acids is 2. The summed E-state index contributed by atoms with van der Waals surface area (Å²) in [6.45, 7) is -0.694. The Morgan fingerprint density at radius 3 is 1.94 bits per heavy atom. The van der Waals surface area contributed by atoms with Crippen LogP contribution in [0.4, 0.5) is 0 Å². The SMILES string of the molecule is O=C(O)C(CC(O)CO)(CC(S)CS)C(=O)O. The fourth-order valence-corrected chi connectivity index (χ4v) is 1.90. The van der Waals surface area contributed by atoms with Gasteiger partial charge in [-0.2, -0.15) is 25.3 Å². The predicted octanol–water partition coefficient (Wildman–Crippen LogP) is -0.496. The normalized spacial score (nSPS) is 15.3. The molecule has 0 saturated carbocycles. The van der Waals surface area contributed by atoms with E-state index < -0.39 is 41.7 Å². The number of aliphatic hydroxyl groups excluding tert-OH is 2. The van der Waals surface area contributed by atoms with Gasteiger partial charge in [0.15, 0.2) is 5.41 Å². The van der Waals surface area contributed by atoms with Gasteiger partial charge in [0.2, 0.25) is 0 Å². The number of rotatable bonds is 8. The van der Waals surface area contributed by atoms with Crippen LogP contribution in [0.1, 0.15) is 12.8 Å². The van der Waals surface area contributed by atoms with Gasteiger partial charge in [0, 0.05) is 17.4 Å². The standard InChI is InChI=1S/C9H16O6S2/c10-3-5(11)1-9(7(12)13,8(14)15)2-6(17)4-16/h5-6,10-11,16-17H,1-4H2,(H,12,13)(H,14,15). The summed E-state index contributed by atoms with van der Waals surface area (Å²) in [6.07, 6.45) is -2.25. The molecule has 0 aromatic heterocycles. The topological polar surface area (TPSA) is 115 Å². The van der Waals surface area contributed by atoms with Crippen molar-refractivity contribution in [2.45, 2.75) is 24.2 Å². The summed E-state index contributed by atoms with van der Waals surface area (Å²) in [5.74, 6) is -2.91. The number of thiol groups is 2. The Bertz CT molecular complexity index is 255. The van der Waals surface area contributed by atoms with Crippen LogP contribution in [0.15, 0.2) is 0 Å². The Morgan fingerprint density at radius 2 is 1.65 bits per heavy atom. The third kappa shape index (κ3) is 4.38. The molecule has 0 fully saturated rings. The van der Waals surface area contributed by atoms with Gasteiger partial charge in [-0.25, -0.2) is 0 Å². The number of hydrogen-bond donors (Lipinski definition) is 6. The van der Waals surface area contributed by atoms with Gasteiger partial charge in [0.1, 0.15) is 0 Å². The predicted molar refractivity (Wildman–Crippen MR) is 66.7 cm³/mol. The van der Waals surface area contributed by atoms with Crippen LogP contribution < -0.4 is 0 Å². The highest BCUT2D eigenvalue weighted by molar-refractivity contribution is 7.84. The smallest absolute Gasteiger partial charge is 0.321 e. The van der Waals surface area contributed by atoms with Gasteiger partial charge in [0.25, 0.3) is 0 Å². The fourth-order valence-electron chi connectivity index (χ4n) is 1.46. The summed E-state index contributed by atoms with van der Waals surface area (Å²) in [5.41, 5.74) is -2.16. The van der Waals surface area contributed by atoms with E-state index in [9.17, 15) is 14.7 Å². The zero-order chi connectivity index (χ0) is 13.6. The van der Waals surface area contributed by atoms with E-state index in [0.717, 1.165) is 0 Å². The molecule has 8 heteroatoms. The molecule has 100 valence electrons. The Labute approximate surface area is 109 Å². The number of hydrogen-bond acceptors (Lipinski definition) is 6. The van der Waals surface area contributed by atoms with Crippen molar-refractivity contribution in [3.8, 4) is 0 Å². The van der Waals surface area contributed by atoms with E-state index in [1.807, 2.05) is 0 Å². The molecular weight excluding hydrogens is 268 g/mol. The van der Waals surface area contributed by atoms with E-state index in [4.69, 9.17) is 15.3 Å². The van der Waals surface area contributed by atoms with Gasteiger partial charge in [-0.05, 0) is 6.42 Å². The zero-order valence-electron chi connectivity index (χ0n) is 8.98. The average Bonchev–Trinajstić information content (AvgIpc) is 2.26. The van der Waals surface area contributed by atoms with Crippen molar-refractivity contribution >= 4 is 37.2 Å². The van der Waals surface area contributed by atoms with E-state index in [1.165, 1.54) is 0 Å². The Morgan fingerprint density at radius 1 is 1.18 bits per heavy atom. The van der Waals surface area contributed by atoms with Gasteiger partial charge >= 0.3 is 11.9 Å². The first-order valence-electron chi connectivity index (χ1n) is 4.84. The second-order valence-corrected chi connectivity index (χ2v) is 4.87. The minimum Gasteiger partial charge on any atom is -0.480 e. The quantitative estimate of drug-likeness (QED) is 0.265. The lowest BCUT2D eigenvalue weighted by molar-refractivity contribution is -0.168. The van der Waals surface area contributed by atoms with Gasteiger partial charge in [-0.3, -0.25) is 9.59 Å². The minimum atomic E-state index is -2.16. The monoisotopic (exact) mass is 284 g/mol. The van der Waals surface area contributed by atoms with Crippen molar-refractivity contribution in [2.24, 2.45) is 5.41 Å². The average molecular weight is 284 g/mol. The third-order valence-electron chi connectivity index (χ3n) is 2.41. The van der Waals surface area contributed by atoms with Crippen LogP contribution in [0.2, 0.25) is 0 Å². The molecule has 0 aromatic rings. The molecule has 0 aliphatic heterocycles. The largest absolute Gasteiger partial charge is 0.480 e. The van der Waals surface area contributed by atoms with Crippen molar-refractivity contribution in [3.63, 3.8) is 0 Å². The maximum absolute atomic E-state index is 11.1. The number of carboxylic acid groups (broad SMARTS) is 2. The van der Waals surface area contributed by atoms with Crippen LogP contribution in [-0.4, -0.2) is 56.1 Å². The molecule has 0 aromatic carbocycles. The first-order chi connectivity index (χ1) is 7.80. The van der Waals surface area contributed by atoms with Crippen molar-refractivity contribution < 1.29 is 30.0 Å². The van der Waals surface area contributed by atoms with Crippen molar-refractivity contribution in [1.29, 1.82) is 0 Å². The molecule has 0 aliphatic carbocycles. The van der Waals surface area contributed by atoms with Gasteiger partial charge < -0.3 is 20.4 Å². The molecule has 0 aliphatic rings. The van der Waals surface area contributed by atoms with E-state index in [2.05, 4.69) is 25.3 Å². The molecule has 0 spiro atoms. The fraction of sp³-hybridized carbons (Fsp3) is 0.778. The molecule has 0 radical (unpaired) electrons. The molecule has 2 atom stereocenters. The van der Waals surface area contributed by atoms with Crippen LogP contribution >= 0.6 is 25.3 Å². The second-order valence-electron chi connectivity index (χ2n) is 3.77. The maximum Gasteiger partial charge on any atom is 0.321 e. The molecule has 0 heterocycles. The highest BCUT2D eigenvalue weighted by atomic mass is 32.1. The second kappa shape index (κ2) is 7.10. The Kier molecular flexibility index (Phi) is 6.91. The summed E-state index contributed by atoms with van der Waals surface area (Å²) in [6, 6.07) is 0. The lowest BCUT2D eigenvalue weighted by atomic mass is 9.78. The van der Waals surface area contributed by atoms with Crippen LogP contribution in [0.25, 0.3) is 0 Å². The summed E-state index contributed by atoms with van der Waals surface area (Å²) >= 11 is 7.92. The van der Waals surface area contributed by atoms with E-state index in [0.29, 0.717) is 0 Å². The molecule has 2 unspecified atom stereocenters.